The molecule has 0 radical (unpaired) electrons. The first-order valence-corrected chi connectivity index (χ1v) is 11.5. The van der Waals surface area contributed by atoms with E-state index in [2.05, 4.69) is 26.2 Å². The fourth-order valence-corrected chi connectivity index (χ4v) is 5.30. The van der Waals surface area contributed by atoms with Gasteiger partial charge >= 0.3 is 6.01 Å². The Kier molecular flexibility index (Phi) is 8.58. The Morgan fingerprint density at radius 3 is 2.43 bits per heavy atom. The Bertz CT molecular complexity index is 1160. The molecule has 0 atom stereocenters. The maximum atomic E-state index is 13.3. The van der Waals surface area contributed by atoms with E-state index in [-0.39, 0.29) is 48.2 Å². The number of amides is 1. The van der Waals surface area contributed by atoms with Gasteiger partial charge in [-0.2, -0.15) is 0 Å². The van der Waals surface area contributed by atoms with E-state index in [9.17, 15) is 4.79 Å². The summed E-state index contributed by atoms with van der Waals surface area (Å²) in [6.45, 7) is 1.81. The van der Waals surface area contributed by atoms with Crippen LogP contribution in [0.5, 0.6) is 6.01 Å². The normalized spacial score (nSPS) is 21.5. The van der Waals surface area contributed by atoms with Crippen LogP contribution in [-0.2, 0) is 12.0 Å². The van der Waals surface area contributed by atoms with Crippen molar-refractivity contribution in [2.45, 2.75) is 43.7 Å². The van der Waals surface area contributed by atoms with Crippen LogP contribution in [-0.4, -0.2) is 61.8 Å². The molecule has 35 heavy (non-hydrogen) atoms. The first-order valence-electron chi connectivity index (χ1n) is 11.1. The average Bonchev–Trinajstić information content (AvgIpc) is 3.30. The van der Waals surface area contributed by atoms with Gasteiger partial charge in [-0.25, -0.2) is 9.97 Å². The highest BCUT2D eigenvalue weighted by atomic mass is 35.5. The van der Waals surface area contributed by atoms with Crippen LogP contribution in [0.4, 0.5) is 0 Å². The second kappa shape index (κ2) is 11.1. The van der Waals surface area contributed by atoms with E-state index in [1.807, 2.05) is 27.7 Å². The SMILES string of the molecule is COc1ncc(-c2nnc3n2CCN([C@H]2CC[C@@](CN)(c4cccc(Cl)c4)CC2)C3=O)cn1.Cl.Cl. The highest BCUT2D eigenvalue weighted by Gasteiger charge is 2.40. The Hall–Kier alpha value is -2.46. The summed E-state index contributed by atoms with van der Waals surface area (Å²) in [7, 11) is 1.51. The third-order valence-corrected chi connectivity index (χ3v) is 7.25. The van der Waals surface area contributed by atoms with Gasteiger partial charge in [0, 0.05) is 48.5 Å². The predicted octanol–water partition coefficient (Wildman–Crippen LogP) is 3.54. The van der Waals surface area contributed by atoms with Crippen LogP contribution in [0, 0.1) is 0 Å². The minimum absolute atomic E-state index is 0. The lowest BCUT2D eigenvalue weighted by Crippen LogP contribution is -2.50. The second-order valence-corrected chi connectivity index (χ2v) is 9.12. The summed E-state index contributed by atoms with van der Waals surface area (Å²) >= 11 is 6.24. The van der Waals surface area contributed by atoms with Crippen LogP contribution >= 0.6 is 36.4 Å². The second-order valence-electron chi connectivity index (χ2n) is 8.68. The molecule has 0 unspecified atom stereocenters. The number of hydrogen-bond donors (Lipinski definition) is 1. The monoisotopic (exact) mass is 539 g/mol. The van der Waals surface area contributed by atoms with Crippen molar-refractivity contribution in [3.8, 4) is 17.4 Å². The van der Waals surface area contributed by atoms with Crippen molar-refractivity contribution < 1.29 is 9.53 Å². The summed E-state index contributed by atoms with van der Waals surface area (Å²) in [5, 5.41) is 9.19. The molecule has 0 bridgehead atoms. The Balaban J connectivity index is 0.00000171. The van der Waals surface area contributed by atoms with Gasteiger partial charge in [0.05, 0.1) is 12.7 Å². The average molecular weight is 541 g/mol. The zero-order chi connectivity index (χ0) is 23.0. The van der Waals surface area contributed by atoms with Crippen molar-refractivity contribution in [3.63, 3.8) is 0 Å². The number of methoxy groups -OCH3 is 1. The third-order valence-electron chi connectivity index (χ3n) is 7.02. The fourth-order valence-electron chi connectivity index (χ4n) is 5.11. The molecule has 9 nitrogen and oxygen atoms in total. The molecule has 1 aliphatic heterocycles. The summed E-state index contributed by atoms with van der Waals surface area (Å²) < 4.78 is 6.86. The summed E-state index contributed by atoms with van der Waals surface area (Å²) in [6.07, 6.45) is 6.87. The summed E-state index contributed by atoms with van der Waals surface area (Å²) in [4.78, 5) is 23.5. The fraction of sp³-hybridized carbons (Fsp3) is 0.435. The van der Waals surface area contributed by atoms with Gasteiger partial charge in [0.1, 0.15) is 0 Å². The van der Waals surface area contributed by atoms with Crippen molar-refractivity contribution in [2.24, 2.45) is 5.73 Å². The van der Waals surface area contributed by atoms with E-state index in [1.165, 1.54) is 12.7 Å². The molecule has 1 fully saturated rings. The number of benzene rings is 1. The van der Waals surface area contributed by atoms with Crippen molar-refractivity contribution in [2.75, 3.05) is 20.2 Å². The third kappa shape index (κ3) is 4.95. The number of hydrogen-bond acceptors (Lipinski definition) is 7. The minimum Gasteiger partial charge on any atom is -0.467 e. The number of rotatable bonds is 5. The highest BCUT2D eigenvalue weighted by molar-refractivity contribution is 6.30. The summed E-state index contributed by atoms with van der Waals surface area (Å²) in [5.41, 5.74) is 8.04. The van der Waals surface area contributed by atoms with Gasteiger partial charge in [-0.05, 0) is 43.4 Å². The number of aromatic nitrogens is 5. The predicted molar refractivity (Wildman–Crippen MR) is 138 cm³/mol. The highest BCUT2D eigenvalue weighted by Crippen LogP contribution is 2.41. The number of ether oxygens (including phenoxy) is 1. The molecule has 2 aromatic heterocycles. The largest absolute Gasteiger partial charge is 0.467 e. The van der Waals surface area contributed by atoms with Gasteiger partial charge in [0.2, 0.25) is 5.82 Å². The number of carbonyl (C=O) groups excluding carboxylic acids is 1. The van der Waals surface area contributed by atoms with Crippen LogP contribution in [0.15, 0.2) is 36.7 Å². The number of halogens is 3. The lowest BCUT2D eigenvalue weighted by Gasteiger charge is -2.44. The van der Waals surface area contributed by atoms with Crippen LogP contribution in [0.2, 0.25) is 5.02 Å². The molecule has 3 aromatic rings. The van der Waals surface area contributed by atoms with Gasteiger partial charge in [-0.1, -0.05) is 23.7 Å². The van der Waals surface area contributed by atoms with Crippen LogP contribution in [0.25, 0.3) is 11.4 Å². The lowest BCUT2D eigenvalue weighted by atomic mass is 9.68. The first kappa shape index (κ1) is 27.1. The first-order chi connectivity index (χ1) is 16.0. The number of nitrogens with two attached hydrogens (primary N) is 1. The number of nitrogens with zero attached hydrogens (tertiary/aromatic N) is 6. The van der Waals surface area contributed by atoms with Crippen LogP contribution in [0.3, 0.4) is 0 Å². The van der Waals surface area contributed by atoms with E-state index >= 15 is 0 Å². The molecular formula is C23H28Cl3N7O2. The molecule has 2 N–H and O–H groups in total. The summed E-state index contributed by atoms with van der Waals surface area (Å²) in [6, 6.07) is 8.44. The van der Waals surface area contributed by atoms with Crippen LogP contribution < -0.4 is 10.5 Å². The van der Waals surface area contributed by atoms with Crippen molar-refractivity contribution in [1.29, 1.82) is 0 Å². The van der Waals surface area contributed by atoms with Gasteiger partial charge in [0.25, 0.3) is 5.91 Å². The molecule has 3 heterocycles. The quantitative estimate of drug-likeness (QED) is 0.527. The van der Waals surface area contributed by atoms with Gasteiger partial charge in [-0.3, -0.25) is 4.79 Å². The van der Waals surface area contributed by atoms with E-state index < -0.39 is 0 Å². The molecule has 188 valence electrons. The van der Waals surface area contributed by atoms with Gasteiger partial charge in [0.15, 0.2) is 5.82 Å². The zero-order valence-electron chi connectivity index (χ0n) is 19.3. The number of fused-ring (bicyclic) bond motifs is 1. The standard InChI is InChI=1S/C23H26ClN7O2.2ClH/c1-33-22-26-12-15(13-27-22)19-28-29-20-21(32)30(9-10-31(19)20)18-5-7-23(14-25,8-6-18)16-3-2-4-17(24)11-16;;/h2-4,11-13,18H,5-10,14,25H2,1H3;2*1H/t18-,23+;;. The molecular weight excluding hydrogens is 513 g/mol. The van der Waals surface area contributed by atoms with Gasteiger partial charge < -0.3 is 19.9 Å². The molecule has 5 rings (SSSR count). The molecule has 1 aromatic carbocycles. The lowest BCUT2D eigenvalue weighted by molar-refractivity contribution is 0.0523. The topological polar surface area (TPSA) is 112 Å². The minimum atomic E-state index is -0.0954. The van der Waals surface area contributed by atoms with E-state index in [1.54, 1.807) is 12.4 Å². The Labute approximate surface area is 221 Å². The van der Waals surface area contributed by atoms with Crippen LogP contribution in [0.1, 0.15) is 41.9 Å². The molecule has 0 saturated heterocycles. The van der Waals surface area contributed by atoms with Gasteiger partial charge in [-0.15, -0.1) is 35.0 Å². The van der Waals surface area contributed by atoms with Crippen molar-refractivity contribution in [3.05, 3.63) is 53.1 Å². The zero-order valence-corrected chi connectivity index (χ0v) is 21.7. The smallest absolute Gasteiger partial charge is 0.316 e. The molecule has 2 aliphatic rings. The van der Waals surface area contributed by atoms with E-state index in [4.69, 9.17) is 22.1 Å². The summed E-state index contributed by atoms with van der Waals surface area (Å²) in [5.74, 6) is 0.868. The molecule has 12 heteroatoms. The Morgan fingerprint density at radius 1 is 1.11 bits per heavy atom. The van der Waals surface area contributed by atoms with E-state index in [0.29, 0.717) is 36.8 Å². The number of carbonyl (C=O) groups is 1. The molecule has 1 aliphatic carbocycles. The maximum absolute atomic E-state index is 13.3. The van der Waals surface area contributed by atoms with E-state index in [0.717, 1.165) is 30.7 Å². The maximum Gasteiger partial charge on any atom is 0.316 e. The molecule has 0 spiro atoms. The molecule has 1 amide bonds. The Morgan fingerprint density at radius 2 is 1.80 bits per heavy atom. The van der Waals surface area contributed by atoms with Crippen molar-refractivity contribution in [1.82, 2.24) is 29.6 Å². The van der Waals surface area contributed by atoms with Crippen molar-refractivity contribution >= 4 is 42.3 Å². The molecule has 1 saturated carbocycles.